The zero-order valence-corrected chi connectivity index (χ0v) is 31.7. The molecular formula is C39H49NO14. The number of rotatable bonds is 4. The van der Waals surface area contributed by atoms with Crippen LogP contribution in [0, 0.1) is 30.6 Å². The molecule has 5 bridgehead atoms. The fourth-order valence-electron chi connectivity index (χ4n) is 6.87. The molecule has 0 spiro atoms. The van der Waals surface area contributed by atoms with Gasteiger partial charge < -0.3 is 54.5 Å². The van der Waals surface area contributed by atoms with Crippen LogP contribution >= 0.6 is 0 Å². The number of esters is 2. The summed E-state index contributed by atoms with van der Waals surface area (Å²) < 4.78 is 28.7. The van der Waals surface area contributed by atoms with Crippen LogP contribution in [0.25, 0.3) is 10.8 Å². The molecule has 0 saturated carbocycles. The lowest BCUT2D eigenvalue weighted by molar-refractivity contribution is -0.160. The Morgan fingerprint density at radius 2 is 1.63 bits per heavy atom. The summed E-state index contributed by atoms with van der Waals surface area (Å²) in [5, 5.41) is 56.9. The van der Waals surface area contributed by atoms with E-state index in [1.165, 1.54) is 47.0 Å². The summed E-state index contributed by atoms with van der Waals surface area (Å²) in [7, 11) is 1.41. The maximum atomic E-state index is 14.2. The summed E-state index contributed by atoms with van der Waals surface area (Å²) in [6.07, 6.45) is 3.32. The van der Waals surface area contributed by atoms with Gasteiger partial charge in [0.2, 0.25) is 0 Å². The first-order chi connectivity index (χ1) is 25.3. The number of ketones is 1. The molecule has 2 aromatic carbocycles. The highest BCUT2D eigenvalue weighted by molar-refractivity contribution is 6.21. The normalized spacial score (nSPS) is 31.5. The van der Waals surface area contributed by atoms with Crippen LogP contribution in [-0.4, -0.2) is 93.1 Å². The summed E-state index contributed by atoms with van der Waals surface area (Å²) in [5.41, 5.74) is -0.365. The molecule has 6 N–H and O–H groups in total. The summed E-state index contributed by atoms with van der Waals surface area (Å²) in [6, 6.07) is 1.07. The molecule has 0 aliphatic carbocycles. The third-order valence-corrected chi connectivity index (χ3v) is 10.2. The molecule has 0 aromatic heterocycles. The number of ether oxygens (including phenoxy) is 5. The minimum absolute atomic E-state index is 0.0118. The van der Waals surface area contributed by atoms with E-state index in [2.05, 4.69) is 5.32 Å². The number of aliphatic hydroxyl groups excluding tert-OH is 3. The largest absolute Gasteiger partial charge is 0.507 e. The van der Waals surface area contributed by atoms with E-state index < -0.39 is 101 Å². The van der Waals surface area contributed by atoms with Crippen molar-refractivity contribution in [2.75, 3.05) is 19.0 Å². The number of carbonyl (C=O) groups is 4. The zero-order valence-electron chi connectivity index (χ0n) is 31.7. The second kappa shape index (κ2) is 16.6. The summed E-state index contributed by atoms with van der Waals surface area (Å²) in [6.45, 7) is 11.2. The molecule has 2 aromatic rings. The molecule has 3 aliphatic rings. The van der Waals surface area contributed by atoms with Crippen LogP contribution in [0.15, 0.2) is 42.2 Å². The van der Waals surface area contributed by atoms with Crippen LogP contribution in [0.1, 0.15) is 64.4 Å². The number of phenolic OH excluding ortho intramolecular Hbond substituents is 2. The second-order valence-corrected chi connectivity index (χ2v) is 14.0. The van der Waals surface area contributed by atoms with Gasteiger partial charge in [-0.3, -0.25) is 14.4 Å². The number of anilines is 1. The number of allylic oxidation sites excluding steroid dienone is 2. The first kappa shape index (κ1) is 41.8. The Bertz CT molecular complexity index is 1900. The molecule has 15 nitrogen and oxygen atoms in total. The highest BCUT2D eigenvalue weighted by Crippen LogP contribution is 2.54. The lowest BCUT2D eigenvalue weighted by atomic mass is 9.78. The van der Waals surface area contributed by atoms with E-state index >= 15 is 0 Å². The number of methoxy groups -OCH3 is 1. The van der Waals surface area contributed by atoms with E-state index in [1.807, 2.05) is 0 Å². The second-order valence-electron chi connectivity index (χ2n) is 14.0. The third kappa shape index (κ3) is 8.09. The first-order valence-corrected chi connectivity index (χ1v) is 17.5. The number of hydrogen-bond donors (Lipinski definition) is 6. The van der Waals surface area contributed by atoms with Crippen molar-refractivity contribution in [3.8, 4) is 23.0 Å². The maximum Gasteiger partial charge on any atom is 0.337 e. The lowest BCUT2D eigenvalue weighted by Crippen LogP contribution is -2.46. The monoisotopic (exact) mass is 755 g/mol. The third-order valence-electron chi connectivity index (χ3n) is 10.2. The summed E-state index contributed by atoms with van der Waals surface area (Å²) >= 11 is 0. The molecular weight excluding hydrogens is 706 g/mol. The Morgan fingerprint density at radius 1 is 0.963 bits per heavy atom. The van der Waals surface area contributed by atoms with Gasteiger partial charge in [0.15, 0.2) is 5.75 Å². The highest BCUT2D eigenvalue weighted by atomic mass is 16.7. The van der Waals surface area contributed by atoms with Crippen LogP contribution in [0.4, 0.5) is 5.69 Å². The number of nitrogens with one attached hydrogen (secondary N) is 1. The van der Waals surface area contributed by atoms with Crippen molar-refractivity contribution in [3.63, 3.8) is 0 Å². The van der Waals surface area contributed by atoms with Gasteiger partial charge in [-0.2, -0.15) is 0 Å². The van der Waals surface area contributed by atoms with Crippen LogP contribution in [0.3, 0.4) is 0 Å². The average molecular weight is 756 g/mol. The minimum atomic E-state index is -2.07. The molecule has 0 fully saturated rings. The van der Waals surface area contributed by atoms with Crippen molar-refractivity contribution in [1.29, 1.82) is 0 Å². The number of aromatic hydroxyl groups is 2. The number of fused-ring (bicyclic) bond motifs is 14. The van der Waals surface area contributed by atoms with Crippen LogP contribution in [0.5, 0.6) is 23.0 Å². The number of carbonyl (C=O) groups excluding carboxylic acids is 4. The van der Waals surface area contributed by atoms with Gasteiger partial charge in [0.05, 0.1) is 41.2 Å². The van der Waals surface area contributed by atoms with Crippen molar-refractivity contribution in [2.45, 2.75) is 85.6 Å². The van der Waals surface area contributed by atoms with Crippen molar-refractivity contribution < 1.29 is 68.4 Å². The SMILES string of the molecule is CO[C@H]1/C=C\O[C@@]2(C)Oc3c(C)c(O)c4c(O)c(cc(OC(=O)CO)c4c3C2=O)NC(=O)/C(C)=C\C=C/[C@H](C)[C@H](O)[C@@H](C)[C@@H](O)[C@@H](C)[C@H](OC(C)=O)[C@@H]1C. The highest BCUT2D eigenvalue weighted by Gasteiger charge is 2.50. The number of Topliss-reactive ketones (excluding diaryl/α,β-unsaturated/α-hetero) is 1. The van der Waals surface area contributed by atoms with Crippen LogP contribution < -0.4 is 14.8 Å². The standard InChI is InChI=1S/C39H49NO14/c1-17-11-10-12-18(2)38(49)40-24-15-26(53-27(43)16-41)28-29(34(24)47)33(46)22(6)36-30(28)37(48)39(8,54-36)51-14-13-25(50-9)19(3)35(52-23(7)42)21(5)32(45)20(4)31(17)44/h10-15,17,19-21,25,31-32,35,41,44-47H,16H2,1-9H3,(H,40,49)/b11-10-,14-13-,18-12-/t17-,19+,20+,21+,25-,31-,32+,35+,39-/m0/s1. The van der Waals surface area contributed by atoms with Gasteiger partial charge in [0, 0.05) is 67.2 Å². The number of benzene rings is 2. The maximum absolute atomic E-state index is 14.2. The Balaban J connectivity index is 1.94. The van der Waals surface area contributed by atoms with Gasteiger partial charge in [0.1, 0.15) is 30.0 Å². The Hall–Kier alpha value is -4.96. The van der Waals surface area contributed by atoms with E-state index in [1.54, 1.807) is 39.8 Å². The predicted octanol–water partition coefficient (Wildman–Crippen LogP) is 3.95. The fraction of sp³-hybridized carbons (Fsp3) is 0.487. The van der Waals surface area contributed by atoms with Crippen molar-refractivity contribution in [3.05, 3.63) is 53.3 Å². The van der Waals surface area contributed by atoms with Crippen LogP contribution in [-0.2, 0) is 28.6 Å². The molecule has 15 heteroatoms. The number of aliphatic hydroxyl groups is 3. The lowest BCUT2D eigenvalue weighted by Gasteiger charge is -2.38. The molecule has 0 saturated heterocycles. The molecule has 1 amide bonds. The van der Waals surface area contributed by atoms with E-state index in [4.69, 9.17) is 23.7 Å². The van der Waals surface area contributed by atoms with E-state index in [9.17, 15) is 44.7 Å². The van der Waals surface area contributed by atoms with Gasteiger partial charge in [-0.1, -0.05) is 45.9 Å². The van der Waals surface area contributed by atoms with E-state index in [0.717, 1.165) is 12.3 Å². The number of phenols is 2. The Labute approximate surface area is 312 Å². The van der Waals surface area contributed by atoms with Gasteiger partial charge in [-0.05, 0) is 19.9 Å². The smallest absolute Gasteiger partial charge is 0.337 e. The van der Waals surface area contributed by atoms with Crippen molar-refractivity contribution >= 4 is 40.1 Å². The fourth-order valence-corrected chi connectivity index (χ4v) is 6.87. The molecule has 294 valence electrons. The Kier molecular flexibility index (Phi) is 12.8. The first-order valence-electron chi connectivity index (χ1n) is 17.5. The predicted molar refractivity (Wildman–Crippen MR) is 195 cm³/mol. The minimum Gasteiger partial charge on any atom is -0.507 e. The molecule has 0 radical (unpaired) electrons. The summed E-state index contributed by atoms with van der Waals surface area (Å²) in [5.74, 6) is -9.62. The molecule has 3 aliphatic heterocycles. The quantitative estimate of drug-likeness (QED) is 0.148. The molecule has 54 heavy (non-hydrogen) atoms. The van der Waals surface area contributed by atoms with E-state index in [0.29, 0.717) is 0 Å². The van der Waals surface area contributed by atoms with Gasteiger partial charge in [0.25, 0.3) is 11.7 Å². The molecule has 3 heterocycles. The zero-order chi connectivity index (χ0) is 40.4. The van der Waals surface area contributed by atoms with Crippen molar-refractivity contribution in [1.82, 2.24) is 0 Å². The molecule has 9 atom stereocenters. The van der Waals surface area contributed by atoms with E-state index in [-0.39, 0.29) is 38.9 Å². The van der Waals surface area contributed by atoms with Gasteiger partial charge in [-0.25, -0.2) is 4.79 Å². The van der Waals surface area contributed by atoms with Gasteiger partial charge >= 0.3 is 17.7 Å². The Morgan fingerprint density at radius 3 is 2.24 bits per heavy atom. The summed E-state index contributed by atoms with van der Waals surface area (Å²) in [4.78, 5) is 52.2. The van der Waals surface area contributed by atoms with Gasteiger partial charge in [-0.15, -0.1) is 0 Å². The topological polar surface area (TPSA) is 228 Å². The molecule has 5 rings (SSSR count). The number of hydrogen-bond acceptors (Lipinski definition) is 14. The van der Waals surface area contributed by atoms with Crippen LogP contribution in [0.2, 0.25) is 0 Å². The van der Waals surface area contributed by atoms with Crippen molar-refractivity contribution in [2.24, 2.45) is 23.7 Å². The molecule has 0 unspecified atom stereocenters. The average Bonchev–Trinajstić information content (AvgIpc) is 3.39. The number of amides is 1.